The van der Waals surface area contributed by atoms with Gasteiger partial charge in [0.15, 0.2) is 0 Å². The van der Waals surface area contributed by atoms with Crippen LogP contribution in [0.25, 0.3) is 0 Å². The third-order valence-corrected chi connectivity index (χ3v) is 10.1. The highest BCUT2D eigenvalue weighted by Crippen LogP contribution is 2.36. The summed E-state index contributed by atoms with van der Waals surface area (Å²) in [6.45, 7) is 2.49. The third kappa shape index (κ3) is 11.7. The number of benzene rings is 6. The van der Waals surface area contributed by atoms with Crippen LogP contribution >= 0.6 is 0 Å². The first-order valence-electron chi connectivity index (χ1n) is 19.0. The number of para-hydroxylation sites is 2. The van der Waals surface area contributed by atoms with Crippen molar-refractivity contribution in [1.82, 2.24) is 0 Å². The Morgan fingerprint density at radius 3 is 1.34 bits per heavy atom. The van der Waals surface area contributed by atoms with E-state index < -0.39 is 13.2 Å². The number of ether oxygens (including phenoxy) is 1. The molecule has 0 unspecified atom stereocenters. The van der Waals surface area contributed by atoms with E-state index in [-0.39, 0.29) is 91.3 Å². The van der Waals surface area contributed by atoms with Gasteiger partial charge >= 0.3 is 0 Å². The Labute approximate surface area is 352 Å². The fourth-order valence-corrected chi connectivity index (χ4v) is 7.12. The van der Waals surface area contributed by atoms with Crippen molar-refractivity contribution in [3.63, 3.8) is 0 Å². The lowest BCUT2D eigenvalue weighted by atomic mass is 9.90. The molecule has 6 aromatic carbocycles. The van der Waals surface area contributed by atoms with E-state index in [1.54, 1.807) is 78.9 Å². The molecule has 61 heavy (non-hydrogen) atoms. The van der Waals surface area contributed by atoms with Crippen molar-refractivity contribution < 1.29 is 65.4 Å². The second-order valence-corrected chi connectivity index (χ2v) is 14.1. The molecule has 13 heteroatoms. The van der Waals surface area contributed by atoms with Crippen molar-refractivity contribution in [1.29, 1.82) is 0 Å². The van der Waals surface area contributed by atoms with Crippen LogP contribution in [0.3, 0.4) is 0 Å². The van der Waals surface area contributed by atoms with Crippen LogP contribution in [-0.4, -0.2) is 64.6 Å². The minimum Gasteiger partial charge on any atom is -0.508 e. The van der Waals surface area contributed by atoms with E-state index in [0.29, 0.717) is 62.1 Å². The molecule has 0 spiro atoms. The highest BCUT2D eigenvalue weighted by Gasteiger charge is 2.19. The topological polar surface area (TPSA) is 246 Å². The molecule has 0 saturated carbocycles. The molecule has 0 aliphatic heterocycles. The summed E-state index contributed by atoms with van der Waals surface area (Å²) in [6.07, 6.45) is 0.789. The second kappa shape index (κ2) is 22.6. The first kappa shape index (κ1) is 46.9. The normalized spacial score (nSPS) is 10.7. The molecule has 0 aliphatic rings. The van der Waals surface area contributed by atoms with Crippen molar-refractivity contribution in [2.75, 3.05) is 0 Å². The summed E-state index contributed by atoms with van der Waals surface area (Å²) in [6, 6.07) is 27.0. The van der Waals surface area contributed by atoms with Gasteiger partial charge in [0.2, 0.25) is 0 Å². The van der Waals surface area contributed by atoms with Crippen LogP contribution < -0.4 is 0 Å². The zero-order chi connectivity index (χ0) is 44.6. The molecule has 0 aliphatic carbocycles. The lowest BCUT2D eigenvalue weighted by molar-refractivity contribution is -0.0987. The average Bonchev–Trinajstić information content (AvgIpc) is 3.27. The lowest BCUT2D eigenvalue weighted by Gasteiger charge is -2.17. The molecule has 0 heterocycles. The SMILES string of the molecule is C=O.C=O.OCc1ccc(O)c(COCc2cc(Cc3cc(Cc4cc(CO)c(O)c(Cc5cccc(CO)c5O)c4)c(O)c(Cc4ccccc4O)c3)cc(CO)c2O)c1. The molecule has 0 saturated heterocycles. The second-order valence-electron chi connectivity index (χ2n) is 14.1. The molecule has 0 aromatic heterocycles. The zero-order valence-electron chi connectivity index (χ0n) is 33.4. The van der Waals surface area contributed by atoms with Gasteiger partial charge in [0, 0.05) is 47.1 Å². The number of aliphatic hydroxyl groups is 4. The Morgan fingerprint density at radius 1 is 0.344 bits per heavy atom. The standard InChI is InChI=1S/C46H46O11.2CH2O/c47-21-27-8-9-42(52)39(11-27)25-57-26-40-18-29(16-38(24-50)46(40)56)10-28-12-34(44(54)35(13-28)19-31-4-1-2-7-41(31)51)14-30-15-36(45(55)37(17-30)23-49)20-32-5-3-6-33(22-48)43(32)53;2*1-2/h1-9,11-13,15-18,47-56H,10,14,19-26H2;2*1H2. The van der Waals surface area contributed by atoms with Crippen LogP contribution in [0.5, 0.6) is 34.5 Å². The van der Waals surface area contributed by atoms with E-state index in [0.717, 1.165) is 11.1 Å². The Kier molecular flexibility index (Phi) is 17.4. The number of aliphatic hydroxyl groups excluding tert-OH is 4. The summed E-state index contributed by atoms with van der Waals surface area (Å²) in [5, 5.41) is 105. The van der Waals surface area contributed by atoms with Crippen molar-refractivity contribution in [3.05, 3.63) is 175 Å². The lowest BCUT2D eigenvalue weighted by Crippen LogP contribution is -2.03. The van der Waals surface area contributed by atoms with E-state index >= 15 is 0 Å². The fourth-order valence-electron chi connectivity index (χ4n) is 7.12. The van der Waals surface area contributed by atoms with Crippen LogP contribution in [0.2, 0.25) is 0 Å². The molecule has 0 radical (unpaired) electrons. The van der Waals surface area contributed by atoms with Gasteiger partial charge in [-0.05, 0) is 92.9 Å². The van der Waals surface area contributed by atoms with Gasteiger partial charge in [-0.2, -0.15) is 0 Å². The van der Waals surface area contributed by atoms with Crippen LogP contribution in [-0.2, 0) is 79.7 Å². The Morgan fingerprint density at radius 2 is 0.754 bits per heavy atom. The molecular weight excluding hydrogens is 785 g/mol. The third-order valence-electron chi connectivity index (χ3n) is 10.1. The minimum absolute atomic E-state index is 0.000157. The van der Waals surface area contributed by atoms with Gasteiger partial charge in [0.25, 0.3) is 0 Å². The predicted octanol–water partition coefficient (Wildman–Crippen LogP) is 5.60. The van der Waals surface area contributed by atoms with Crippen LogP contribution in [0, 0.1) is 0 Å². The summed E-state index contributed by atoms with van der Waals surface area (Å²) in [5.41, 5.74) is 7.09. The maximum atomic E-state index is 11.7. The number of hydrogen-bond donors (Lipinski definition) is 10. The fraction of sp³-hybridized carbons (Fsp3) is 0.208. The molecule has 0 fully saturated rings. The molecule has 6 rings (SSSR count). The zero-order valence-corrected chi connectivity index (χ0v) is 33.4. The van der Waals surface area contributed by atoms with E-state index in [1.807, 2.05) is 25.7 Å². The maximum Gasteiger partial charge on any atom is 0.126 e. The number of carbonyl (C=O) groups is 2. The average molecular weight is 835 g/mol. The summed E-state index contributed by atoms with van der Waals surface area (Å²) >= 11 is 0. The van der Waals surface area contributed by atoms with Crippen molar-refractivity contribution in [3.8, 4) is 34.5 Å². The summed E-state index contributed by atoms with van der Waals surface area (Å²) in [4.78, 5) is 16.0. The first-order valence-corrected chi connectivity index (χ1v) is 19.0. The summed E-state index contributed by atoms with van der Waals surface area (Å²) < 4.78 is 5.86. The van der Waals surface area contributed by atoms with Crippen LogP contribution in [0.1, 0.15) is 77.9 Å². The number of hydrogen-bond acceptors (Lipinski definition) is 13. The summed E-state index contributed by atoms with van der Waals surface area (Å²) in [7, 11) is 0. The Bertz CT molecular complexity index is 2410. The number of phenols is 6. The highest BCUT2D eigenvalue weighted by molar-refractivity contribution is 5.54. The van der Waals surface area contributed by atoms with E-state index in [4.69, 9.17) is 14.3 Å². The molecule has 13 nitrogen and oxygen atoms in total. The monoisotopic (exact) mass is 834 g/mol. The number of rotatable bonds is 16. The molecule has 0 amide bonds. The molecule has 0 bridgehead atoms. The molecular formula is C48H50O13. The quantitative estimate of drug-likeness (QED) is 0.0572. The van der Waals surface area contributed by atoms with E-state index in [1.165, 1.54) is 6.07 Å². The largest absolute Gasteiger partial charge is 0.508 e. The molecule has 6 aromatic rings. The van der Waals surface area contributed by atoms with Gasteiger partial charge in [-0.3, -0.25) is 0 Å². The van der Waals surface area contributed by atoms with Gasteiger partial charge in [-0.1, -0.05) is 60.7 Å². The first-order chi connectivity index (χ1) is 29.5. The van der Waals surface area contributed by atoms with Crippen LogP contribution in [0.4, 0.5) is 0 Å². The number of aromatic hydroxyl groups is 6. The number of carbonyl (C=O) groups excluding carboxylic acids is 2. The van der Waals surface area contributed by atoms with Gasteiger partial charge in [0.05, 0.1) is 39.6 Å². The molecule has 320 valence electrons. The molecule has 10 N–H and O–H groups in total. The number of phenolic OH excluding ortho intramolecular Hbond substituents is 3. The van der Waals surface area contributed by atoms with E-state index in [9.17, 15) is 51.1 Å². The van der Waals surface area contributed by atoms with Gasteiger partial charge in [0.1, 0.15) is 48.1 Å². The predicted molar refractivity (Wildman–Crippen MR) is 226 cm³/mol. The minimum atomic E-state index is -0.462. The van der Waals surface area contributed by atoms with Crippen molar-refractivity contribution in [2.45, 2.75) is 65.3 Å². The summed E-state index contributed by atoms with van der Waals surface area (Å²) in [5.74, 6) is -0.265. The highest BCUT2D eigenvalue weighted by atomic mass is 16.5. The maximum absolute atomic E-state index is 11.7. The van der Waals surface area contributed by atoms with Gasteiger partial charge in [-0.15, -0.1) is 0 Å². The molecule has 0 atom stereocenters. The van der Waals surface area contributed by atoms with Crippen molar-refractivity contribution in [2.24, 2.45) is 0 Å². The Hall–Kier alpha value is -6.74. The van der Waals surface area contributed by atoms with Crippen LogP contribution in [0.15, 0.2) is 97.1 Å². The van der Waals surface area contributed by atoms with Gasteiger partial charge in [-0.25, -0.2) is 0 Å². The Balaban J connectivity index is 0.00000199. The smallest absolute Gasteiger partial charge is 0.126 e. The van der Waals surface area contributed by atoms with E-state index in [2.05, 4.69) is 0 Å². The van der Waals surface area contributed by atoms with Crippen molar-refractivity contribution >= 4 is 13.6 Å². The van der Waals surface area contributed by atoms with Gasteiger partial charge < -0.3 is 65.4 Å².